The standard InChI is InChI=1S/C26H27FN2O3/c1-18-6-5-9-20(16-18)25(31)28(15-14-19-7-3-2-4-8-19)23-17-24(30)29(26(23)32)22-12-10-21(27)11-13-22/h5-7,9-13,16,23H,2-4,8,14-15,17H2,1H3. The lowest BCUT2D eigenvalue weighted by molar-refractivity contribution is -0.122. The quantitative estimate of drug-likeness (QED) is 0.485. The molecule has 166 valence electrons. The average molecular weight is 435 g/mol. The number of aryl methyl sites for hydroxylation is 1. The Morgan fingerprint density at radius 2 is 1.91 bits per heavy atom. The Balaban J connectivity index is 1.61. The van der Waals surface area contributed by atoms with Crippen molar-refractivity contribution in [2.45, 2.75) is 51.5 Å². The Kier molecular flexibility index (Phi) is 6.49. The molecule has 0 spiro atoms. The third-order valence-corrected chi connectivity index (χ3v) is 6.17. The van der Waals surface area contributed by atoms with E-state index in [0.717, 1.165) is 29.7 Å². The summed E-state index contributed by atoms with van der Waals surface area (Å²) in [6, 6.07) is 11.6. The van der Waals surface area contributed by atoms with E-state index in [0.29, 0.717) is 24.2 Å². The second-order valence-corrected chi connectivity index (χ2v) is 8.49. The van der Waals surface area contributed by atoms with Crippen LogP contribution in [0.2, 0.25) is 0 Å². The average Bonchev–Trinajstić information content (AvgIpc) is 3.09. The number of hydrogen-bond acceptors (Lipinski definition) is 3. The van der Waals surface area contributed by atoms with Gasteiger partial charge in [-0.25, -0.2) is 9.29 Å². The van der Waals surface area contributed by atoms with Crippen LogP contribution in [0.1, 0.15) is 54.4 Å². The SMILES string of the molecule is Cc1cccc(C(=O)N(CCC2=CCCCC2)C2CC(=O)N(c3ccc(F)cc3)C2=O)c1. The highest BCUT2D eigenvalue weighted by Crippen LogP contribution is 2.28. The van der Waals surface area contributed by atoms with Crippen molar-refractivity contribution in [3.63, 3.8) is 0 Å². The summed E-state index contributed by atoms with van der Waals surface area (Å²) in [7, 11) is 0. The molecule has 1 aliphatic carbocycles. The van der Waals surface area contributed by atoms with Gasteiger partial charge in [-0.3, -0.25) is 14.4 Å². The molecule has 2 aromatic rings. The first kappa shape index (κ1) is 21.9. The molecule has 1 fully saturated rings. The number of imide groups is 1. The maximum absolute atomic E-state index is 13.5. The molecule has 0 bridgehead atoms. The highest BCUT2D eigenvalue weighted by atomic mass is 19.1. The molecule has 0 aromatic heterocycles. The molecule has 0 saturated carbocycles. The molecule has 1 aliphatic heterocycles. The summed E-state index contributed by atoms with van der Waals surface area (Å²) >= 11 is 0. The fourth-order valence-corrected chi connectivity index (χ4v) is 4.46. The molecule has 1 unspecified atom stereocenters. The summed E-state index contributed by atoms with van der Waals surface area (Å²) in [5.41, 5.74) is 3.07. The Morgan fingerprint density at radius 1 is 1.12 bits per heavy atom. The van der Waals surface area contributed by atoms with Crippen molar-refractivity contribution in [3.8, 4) is 0 Å². The van der Waals surface area contributed by atoms with Crippen molar-refractivity contribution in [2.75, 3.05) is 11.4 Å². The molecule has 2 aliphatic rings. The summed E-state index contributed by atoms with van der Waals surface area (Å²) in [6.07, 6.45) is 7.20. The van der Waals surface area contributed by atoms with Crippen LogP contribution in [0.25, 0.3) is 0 Å². The maximum Gasteiger partial charge on any atom is 0.257 e. The second-order valence-electron chi connectivity index (χ2n) is 8.49. The summed E-state index contributed by atoms with van der Waals surface area (Å²) in [5.74, 6) is -1.52. The molecular formula is C26H27FN2O3. The Morgan fingerprint density at radius 3 is 2.59 bits per heavy atom. The smallest absolute Gasteiger partial charge is 0.257 e. The van der Waals surface area contributed by atoms with Crippen LogP contribution in [0.5, 0.6) is 0 Å². The molecule has 4 rings (SSSR count). The first-order valence-corrected chi connectivity index (χ1v) is 11.1. The largest absolute Gasteiger partial charge is 0.326 e. The number of rotatable bonds is 6. The van der Waals surface area contributed by atoms with Crippen molar-refractivity contribution >= 4 is 23.4 Å². The van der Waals surface area contributed by atoms with E-state index in [1.165, 1.54) is 36.3 Å². The monoisotopic (exact) mass is 434 g/mol. The van der Waals surface area contributed by atoms with Crippen LogP contribution in [0.15, 0.2) is 60.2 Å². The molecule has 0 N–H and O–H groups in total. The summed E-state index contributed by atoms with van der Waals surface area (Å²) in [6.45, 7) is 2.29. The second kappa shape index (κ2) is 9.47. The van der Waals surface area contributed by atoms with Crippen molar-refractivity contribution in [3.05, 3.63) is 77.1 Å². The van der Waals surface area contributed by atoms with E-state index in [1.807, 2.05) is 19.1 Å². The van der Waals surface area contributed by atoms with Crippen LogP contribution in [0, 0.1) is 12.7 Å². The molecule has 2 aromatic carbocycles. The zero-order valence-electron chi connectivity index (χ0n) is 18.2. The molecule has 1 heterocycles. The molecular weight excluding hydrogens is 407 g/mol. The topological polar surface area (TPSA) is 57.7 Å². The molecule has 1 atom stereocenters. The van der Waals surface area contributed by atoms with Crippen LogP contribution in [-0.4, -0.2) is 35.2 Å². The van der Waals surface area contributed by atoms with Crippen LogP contribution in [0.3, 0.4) is 0 Å². The Bertz CT molecular complexity index is 1060. The van der Waals surface area contributed by atoms with Crippen molar-refractivity contribution in [1.82, 2.24) is 4.90 Å². The number of carbonyl (C=O) groups is 3. The highest BCUT2D eigenvalue weighted by molar-refractivity contribution is 6.23. The van der Waals surface area contributed by atoms with E-state index in [9.17, 15) is 18.8 Å². The maximum atomic E-state index is 13.5. The van der Waals surface area contributed by atoms with Gasteiger partial charge in [-0.05, 0) is 75.4 Å². The molecule has 6 heteroatoms. The number of amides is 3. The third kappa shape index (κ3) is 4.64. The summed E-state index contributed by atoms with van der Waals surface area (Å²) in [4.78, 5) is 42.2. The predicted octanol–water partition coefficient (Wildman–Crippen LogP) is 4.80. The van der Waals surface area contributed by atoms with Crippen LogP contribution >= 0.6 is 0 Å². The van der Waals surface area contributed by atoms with E-state index in [1.54, 1.807) is 17.0 Å². The van der Waals surface area contributed by atoms with Gasteiger partial charge in [-0.2, -0.15) is 0 Å². The molecule has 3 amide bonds. The summed E-state index contributed by atoms with van der Waals surface area (Å²) in [5, 5.41) is 0. The van der Waals surface area contributed by atoms with E-state index in [-0.39, 0.29) is 18.2 Å². The number of anilines is 1. The molecule has 32 heavy (non-hydrogen) atoms. The number of allylic oxidation sites excluding steroid dienone is 1. The number of hydrogen-bond donors (Lipinski definition) is 0. The van der Waals surface area contributed by atoms with Gasteiger partial charge in [0.25, 0.3) is 11.8 Å². The lowest BCUT2D eigenvalue weighted by Crippen LogP contribution is -2.46. The predicted molar refractivity (Wildman–Crippen MR) is 121 cm³/mol. The number of carbonyl (C=O) groups excluding carboxylic acids is 3. The van der Waals surface area contributed by atoms with E-state index in [4.69, 9.17) is 0 Å². The van der Waals surface area contributed by atoms with Gasteiger partial charge in [0.2, 0.25) is 5.91 Å². The van der Waals surface area contributed by atoms with Crippen molar-refractivity contribution < 1.29 is 18.8 Å². The van der Waals surface area contributed by atoms with Crippen LogP contribution in [0.4, 0.5) is 10.1 Å². The minimum absolute atomic E-state index is 0.0766. The van der Waals surface area contributed by atoms with Crippen molar-refractivity contribution in [1.29, 1.82) is 0 Å². The van der Waals surface area contributed by atoms with E-state index in [2.05, 4.69) is 6.08 Å². The first-order chi connectivity index (χ1) is 15.4. The summed E-state index contributed by atoms with van der Waals surface area (Å²) < 4.78 is 13.3. The van der Waals surface area contributed by atoms with Gasteiger partial charge < -0.3 is 4.90 Å². The van der Waals surface area contributed by atoms with Gasteiger partial charge in [0.1, 0.15) is 11.9 Å². The van der Waals surface area contributed by atoms with Gasteiger partial charge >= 0.3 is 0 Å². The van der Waals surface area contributed by atoms with Gasteiger partial charge in [0.15, 0.2) is 0 Å². The number of nitrogens with zero attached hydrogens (tertiary/aromatic N) is 2. The minimum atomic E-state index is -0.871. The van der Waals surface area contributed by atoms with E-state index >= 15 is 0 Å². The lowest BCUT2D eigenvalue weighted by Gasteiger charge is -2.29. The lowest BCUT2D eigenvalue weighted by atomic mass is 9.96. The van der Waals surface area contributed by atoms with Gasteiger partial charge in [0, 0.05) is 12.1 Å². The zero-order chi connectivity index (χ0) is 22.7. The molecule has 5 nitrogen and oxygen atoms in total. The first-order valence-electron chi connectivity index (χ1n) is 11.1. The molecule has 1 saturated heterocycles. The third-order valence-electron chi connectivity index (χ3n) is 6.17. The fraction of sp³-hybridized carbons (Fsp3) is 0.346. The number of benzene rings is 2. The van der Waals surface area contributed by atoms with E-state index < -0.39 is 17.8 Å². The van der Waals surface area contributed by atoms with Gasteiger partial charge in [-0.1, -0.05) is 29.3 Å². The Labute approximate surface area is 187 Å². The Hall–Kier alpha value is -3.28. The fourth-order valence-electron chi connectivity index (χ4n) is 4.46. The van der Waals surface area contributed by atoms with Crippen LogP contribution in [-0.2, 0) is 9.59 Å². The van der Waals surface area contributed by atoms with Gasteiger partial charge in [0.05, 0.1) is 12.1 Å². The van der Waals surface area contributed by atoms with Crippen molar-refractivity contribution in [2.24, 2.45) is 0 Å². The highest BCUT2D eigenvalue weighted by Gasteiger charge is 2.44. The normalized spacial score (nSPS) is 18.6. The molecule has 0 radical (unpaired) electrons. The van der Waals surface area contributed by atoms with Crippen LogP contribution < -0.4 is 4.90 Å². The zero-order valence-corrected chi connectivity index (χ0v) is 18.2. The minimum Gasteiger partial charge on any atom is -0.326 e. The van der Waals surface area contributed by atoms with Gasteiger partial charge in [-0.15, -0.1) is 0 Å². The number of halogens is 1.